The third-order valence-corrected chi connectivity index (χ3v) is 6.07. The van der Waals surface area contributed by atoms with Crippen LogP contribution in [0.2, 0.25) is 0 Å². The molecular weight excluding hydrogens is 298 g/mol. The van der Waals surface area contributed by atoms with Crippen LogP contribution in [0.4, 0.5) is 5.69 Å². The molecule has 1 N–H and O–H groups in total. The first-order valence-corrected chi connectivity index (χ1v) is 9.35. The Balaban J connectivity index is 2.16. The molecule has 1 aliphatic heterocycles. The molecule has 0 saturated carbocycles. The van der Waals surface area contributed by atoms with Gasteiger partial charge in [0.1, 0.15) is 5.75 Å². The number of rotatable bonds is 1. The van der Waals surface area contributed by atoms with E-state index in [1.807, 2.05) is 30.0 Å². The van der Waals surface area contributed by atoms with Gasteiger partial charge in [0.2, 0.25) is 5.91 Å². The molecule has 1 aromatic carbocycles. The van der Waals surface area contributed by atoms with Gasteiger partial charge in [0.05, 0.1) is 18.6 Å². The van der Waals surface area contributed by atoms with E-state index in [2.05, 4.69) is 5.32 Å². The van der Waals surface area contributed by atoms with E-state index in [1.165, 1.54) is 0 Å². The lowest BCUT2D eigenvalue weighted by atomic mass is 10.3. The predicted molar refractivity (Wildman–Crippen MR) is 87.0 cm³/mol. The second kappa shape index (κ2) is 7.97. The molecule has 0 radical (unpaired) electrons. The number of thioether (sulfide) groups is 3. The number of anilines is 1. The van der Waals surface area contributed by atoms with E-state index >= 15 is 0 Å². The van der Waals surface area contributed by atoms with Crippen LogP contribution in [0.25, 0.3) is 0 Å². The third-order valence-electron chi connectivity index (χ3n) is 2.55. The van der Waals surface area contributed by atoms with Crippen molar-refractivity contribution in [2.24, 2.45) is 0 Å². The monoisotopic (exact) mass is 315 g/mol. The minimum absolute atomic E-state index is 0.0718. The second-order valence-electron chi connectivity index (χ2n) is 3.92. The summed E-state index contributed by atoms with van der Waals surface area (Å²) in [6, 6.07) is 5.79. The lowest BCUT2D eigenvalue weighted by molar-refractivity contribution is -0.113. The zero-order valence-corrected chi connectivity index (χ0v) is 13.3. The Hall–Kier alpha value is -0.460. The summed E-state index contributed by atoms with van der Waals surface area (Å²) in [6.07, 6.45) is 0. The highest BCUT2D eigenvalue weighted by molar-refractivity contribution is 8.04. The fourth-order valence-electron chi connectivity index (χ4n) is 1.63. The molecule has 0 fully saturated rings. The fraction of sp³-hybridized carbons (Fsp3) is 0.462. The summed E-state index contributed by atoms with van der Waals surface area (Å²) in [7, 11) is 1.66. The topological polar surface area (TPSA) is 38.3 Å². The van der Waals surface area contributed by atoms with Crippen molar-refractivity contribution in [2.75, 3.05) is 41.2 Å². The summed E-state index contributed by atoms with van der Waals surface area (Å²) in [5, 5.41) is 2.99. The van der Waals surface area contributed by atoms with Crippen LogP contribution in [-0.4, -0.2) is 41.8 Å². The Kier molecular flexibility index (Phi) is 6.26. The van der Waals surface area contributed by atoms with Crippen LogP contribution in [0.5, 0.6) is 5.75 Å². The van der Waals surface area contributed by atoms with E-state index in [0.717, 1.165) is 39.3 Å². The summed E-state index contributed by atoms with van der Waals surface area (Å²) >= 11 is 5.41. The van der Waals surface area contributed by atoms with Gasteiger partial charge in [-0.3, -0.25) is 4.79 Å². The van der Waals surface area contributed by atoms with E-state index in [9.17, 15) is 4.79 Å². The molecule has 0 saturated heterocycles. The van der Waals surface area contributed by atoms with Crippen molar-refractivity contribution in [2.45, 2.75) is 4.90 Å². The number of hydrogen-bond acceptors (Lipinski definition) is 5. The number of ether oxygens (including phenoxy) is 1. The van der Waals surface area contributed by atoms with Gasteiger partial charge in [-0.05, 0) is 18.2 Å². The van der Waals surface area contributed by atoms with Crippen molar-refractivity contribution in [3.05, 3.63) is 18.2 Å². The minimum Gasteiger partial charge on any atom is -0.497 e. The van der Waals surface area contributed by atoms with E-state index < -0.39 is 0 Å². The number of hydrogen-bond donors (Lipinski definition) is 1. The summed E-state index contributed by atoms with van der Waals surface area (Å²) in [6.45, 7) is 0. The van der Waals surface area contributed by atoms with Crippen molar-refractivity contribution in [3.63, 3.8) is 0 Å². The van der Waals surface area contributed by atoms with Crippen molar-refractivity contribution in [1.82, 2.24) is 0 Å². The Bertz CT molecular complexity index is 440. The zero-order valence-electron chi connectivity index (χ0n) is 10.8. The van der Waals surface area contributed by atoms with Crippen LogP contribution < -0.4 is 10.1 Å². The zero-order chi connectivity index (χ0) is 13.5. The maximum Gasteiger partial charge on any atom is 0.234 e. The standard InChI is InChI=1S/C13H17NO2S3/c1-16-10-2-3-11-12(8-10)19-7-6-17-4-5-18-9-13(15)14-11/h2-3,8H,4-7,9H2,1H3,(H,14,15). The summed E-state index contributed by atoms with van der Waals surface area (Å²) < 4.78 is 5.24. The molecule has 0 bridgehead atoms. The maximum absolute atomic E-state index is 11.8. The molecule has 0 aromatic heterocycles. The molecule has 0 spiro atoms. The average molecular weight is 315 g/mol. The normalized spacial score (nSPS) is 17.6. The summed E-state index contributed by atoms with van der Waals surface area (Å²) in [4.78, 5) is 12.9. The number of fused-ring (bicyclic) bond motifs is 1. The van der Waals surface area contributed by atoms with Crippen LogP contribution in [-0.2, 0) is 4.79 Å². The summed E-state index contributed by atoms with van der Waals surface area (Å²) in [5.74, 6) is 5.76. The number of amides is 1. The van der Waals surface area contributed by atoms with Crippen LogP contribution in [0.15, 0.2) is 23.1 Å². The fourth-order valence-corrected chi connectivity index (χ4v) is 4.68. The Morgan fingerprint density at radius 3 is 2.79 bits per heavy atom. The second-order valence-corrected chi connectivity index (χ2v) is 7.39. The Morgan fingerprint density at radius 1 is 1.16 bits per heavy atom. The van der Waals surface area contributed by atoms with Crippen LogP contribution in [0.3, 0.4) is 0 Å². The van der Waals surface area contributed by atoms with E-state index in [1.54, 1.807) is 30.6 Å². The third kappa shape index (κ3) is 4.85. The van der Waals surface area contributed by atoms with Gasteiger partial charge in [-0.25, -0.2) is 0 Å². The quantitative estimate of drug-likeness (QED) is 0.861. The molecule has 6 heteroatoms. The van der Waals surface area contributed by atoms with Gasteiger partial charge in [-0.2, -0.15) is 23.5 Å². The first-order valence-electron chi connectivity index (χ1n) is 6.06. The first-order chi connectivity index (χ1) is 9.29. The smallest absolute Gasteiger partial charge is 0.234 e. The molecule has 19 heavy (non-hydrogen) atoms. The molecular formula is C13H17NO2S3. The Morgan fingerprint density at radius 2 is 1.95 bits per heavy atom. The molecule has 1 heterocycles. The molecule has 1 aromatic rings. The predicted octanol–water partition coefficient (Wildman–Crippen LogP) is 3.21. The average Bonchev–Trinajstić information content (AvgIpc) is 2.41. The van der Waals surface area contributed by atoms with Crippen LogP contribution in [0, 0.1) is 0 Å². The first kappa shape index (κ1) is 14.9. The van der Waals surface area contributed by atoms with Crippen molar-refractivity contribution in [1.29, 1.82) is 0 Å². The molecule has 2 rings (SSSR count). The van der Waals surface area contributed by atoms with Gasteiger partial charge < -0.3 is 10.1 Å². The van der Waals surface area contributed by atoms with Gasteiger partial charge in [0.25, 0.3) is 0 Å². The molecule has 3 nitrogen and oxygen atoms in total. The number of benzene rings is 1. The van der Waals surface area contributed by atoms with Gasteiger partial charge in [-0.15, -0.1) is 11.8 Å². The lowest BCUT2D eigenvalue weighted by Crippen LogP contribution is -2.15. The maximum atomic E-state index is 11.8. The molecule has 1 amide bonds. The van der Waals surface area contributed by atoms with Crippen molar-refractivity contribution < 1.29 is 9.53 Å². The molecule has 0 atom stereocenters. The van der Waals surface area contributed by atoms with E-state index in [4.69, 9.17) is 4.74 Å². The molecule has 104 valence electrons. The van der Waals surface area contributed by atoms with Gasteiger partial charge >= 0.3 is 0 Å². The van der Waals surface area contributed by atoms with Gasteiger partial charge in [0.15, 0.2) is 0 Å². The summed E-state index contributed by atoms with van der Waals surface area (Å²) in [5.41, 5.74) is 0.891. The highest BCUT2D eigenvalue weighted by atomic mass is 32.2. The van der Waals surface area contributed by atoms with E-state index in [0.29, 0.717) is 5.75 Å². The molecule has 1 aliphatic rings. The number of carbonyl (C=O) groups excluding carboxylic acids is 1. The van der Waals surface area contributed by atoms with Gasteiger partial charge in [0, 0.05) is 27.9 Å². The van der Waals surface area contributed by atoms with Crippen LogP contribution >= 0.6 is 35.3 Å². The lowest BCUT2D eigenvalue weighted by Gasteiger charge is -2.13. The van der Waals surface area contributed by atoms with Gasteiger partial charge in [-0.1, -0.05) is 0 Å². The number of nitrogens with one attached hydrogen (secondary N) is 1. The number of methoxy groups -OCH3 is 1. The minimum atomic E-state index is 0.0718. The highest BCUT2D eigenvalue weighted by Gasteiger charge is 2.10. The largest absolute Gasteiger partial charge is 0.497 e. The van der Waals surface area contributed by atoms with Crippen molar-refractivity contribution in [3.8, 4) is 5.75 Å². The van der Waals surface area contributed by atoms with Crippen LogP contribution in [0.1, 0.15) is 0 Å². The highest BCUT2D eigenvalue weighted by Crippen LogP contribution is 2.32. The van der Waals surface area contributed by atoms with Crippen molar-refractivity contribution >= 4 is 46.9 Å². The van der Waals surface area contributed by atoms with E-state index in [-0.39, 0.29) is 5.91 Å². The Labute approximate surface area is 126 Å². The number of carbonyl (C=O) groups is 1. The molecule has 0 unspecified atom stereocenters. The SMILES string of the molecule is COc1ccc2c(c1)SCCSCCSCC(=O)N2. The molecule has 0 aliphatic carbocycles.